The number of hydrogen-bond donors (Lipinski definition) is 0. The van der Waals surface area contributed by atoms with Crippen LogP contribution in [0.1, 0.15) is 17.5 Å². The monoisotopic (exact) mass is 290 g/mol. The number of hydrogen-bond acceptors (Lipinski definition) is 3. The Morgan fingerprint density at radius 2 is 2.00 bits per heavy atom. The van der Waals surface area contributed by atoms with Crippen LogP contribution in [-0.2, 0) is 16.0 Å². The Bertz CT molecular complexity index is 455. The van der Waals surface area contributed by atoms with Crippen molar-refractivity contribution in [3.05, 3.63) is 29.3 Å². The molecule has 0 aliphatic heterocycles. The van der Waals surface area contributed by atoms with E-state index in [1.807, 2.05) is 19.1 Å². The summed E-state index contributed by atoms with van der Waals surface area (Å²) in [7, 11) is 1.51. The number of ether oxygens (including phenoxy) is 2. The molecule has 0 spiro atoms. The maximum atomic E-state index is 11.8. The smallest absolute Gasteiger partial charge is 0.411 e. The van der Waals surface area contributed by atoms with Crippen LogP contribution < -0.4 is 4.74 Å². The van der Waals surface area contributed by atoms with Gasteiger partial charge in [-0.25, -0.2) is 0 Å². The molecule has 0 aliphatic rings. The summed E-state index contributed by atoms with van der Waals surface area (Å²) in [5, 5.41) is 0. The van der Waals surface area contributed by atoms with Crippen LogP contribution >= 0.6 is 0 Å². The first-order chi connectivity index (χ1) is 9.31. The standard InChI is InChI=1S/C14H17F3O3/c1-10-3-4-13(19-2)11(7-10)8-12(18)5-6-20-9-14(15,16)17/h3-4,7H,5-6,8-9H2,1-2H3. The van der Waals surface area contributed by atoms with E-state index in [0.717, 1.165) is 11.1 Å². The minimum absolute atomic E-state index is 0.0484. The summed E-state index contributed by atoms with van der Waals surface area (Å²) in [6, 6.07) is 5.45. The molecule has 0 unspecified atom stereocenters. The van der Waals surface area contributed by atoms with Gasteiger partial charge in [0.1, 0.15) is 18.1 Å². The number of Topliss-reactive ketones (excluding diaryl/α,β-unsaturated/α-hetero) is 1. The number of rotatable bonds is 7. The summed E-state index contributed by atoms with van der Waals surface area (Å²) in [5.41, 5.74) is 1.72. The van der Waals surface area contributed by atoms with E-state index in [0.29, 0.717) is 5.75 Å². The lowest BCUT2D eigenvalue weighted by Gasteiger charge is -2.10. The van der Waals surface area contributed by atoms with Crippen LogP contribution in [0.25, 0.3) is 0 Å². The highest BCUT2D eigenvalue weighted by Gasteiger charge is 2.27. The van der Waals surface area contributed by atoms with Crippen molar-refractivity contribution in [3.63, 3.8) is 0 Å². The highest BCUT2D eigenvalue weighted by molar-refractivity contribution is 5.81. The average Bonchev–Trinajstić information content (AvgIpc) is 2.34. The molecule has 112 valence electrons. The van der Waals surface area contributed by atoms with Crippen molar-refractivity contribution in [1.29, 1.82) is 0 Å². The largest absolute Gasteiger partial charge is 0.496 e. The first-order valence-corrected chi connectivity index (χ1v) is 6.11. The molecule has 20 heavy (non-hydrogen) atoms. The van der Waals surface area contributed by atoms with Crippen LogP contribution in [0, 0.1) is 6.92 Å². The Kier molecular flexibility index (Phi) is 6.01. The Morgan fingerprint density at radius 1 is 1.30 bits per heavy atom. The minimum atomic E-state index is -4.36. The first-order valence-electron chi connectivity index (χ1n) is 6.11. The number of alkyl halides is 3. The third-order valence-corrected chi connectivity index (χ3v) is 2.61. The molecule has 6 heteroatoms. The van der Waals surface area contributed by atoms with Crippen LogP contribution in [-0.4, -0.2) is 32.3 Å². The van der Waals surface area contributed by atoms with Gasteiger partial charge < -0.3 is 9.47 Å². The second kappa shape index (κ2) is 7.28. The molecule has 0 aliphatic carbocycles. The zero-order chi connectivity index (χ0) is 15.2. The quantitative estimate of drug-likeness (QED) is 0.724. The van der Waals surface area contributed by atoms with Crippen molar-refractivity contribution in [2.75, 3.05) is 20.3 Å². The van der Waals surface area contributed by atoms with Crippen molar-refractivity contribution in [2.24, 2.45) is 0 Å². The fourth-order valence-corrected chi connectivity index (χ4v) is 1.72. The molecule has 0 heterocycles. The van der Waals surface area contributed by atoms with Crippen LogP contribution in [0.15, 0.2) is 18.2 Å². The van der Waals surface area contributed by atoms with Crippen molar-refractivity contribution in [3.8, 4) is 5.75 Å². The number of aryl methyl sites for hydroxylation is 1. The van der Waals surface area contributed by atoms with E-state index in [1.165, 1.54) is 7.11 Å². The molecule has 0 saturated carbocycles. The maximum absolute atomic E-state index is 11.8. The lowest BCUT2D eigenvalue weighted by molar-refractivity contribution is -0.174. The van der Waals surface area contributed by atoms with Crippen LogP contribution in [0.4, 0.5) is 13.2 Å². The summed E-state index contributed by atoms with van der Waals surface area (Å²) in [6.45, 7) is 0.334. The van der Waals surface area contributed by atoms with Crippen molar-refractivity contribution in [1.82, 2.24) is 0 Å². The molecule has 0 fully saturated rings. The second-order valence-corrected chi connectivity index (χ2v) is 4.45. The highest BCUT2D eigenvalue weighted by Crippen LogP contribution is 2.21. The number of carbonyl (C=O) groups is 1. The third kappa shape index (κ3) is 6.06. The van der Waals surface area contributed by atoms with Crippen molar-refractivity contribution >= 4 is 5.78 Å². The van der Waals surface area contributed by atoms with E-state index in [1.54, 1.807) is 6.07 Å². The maximum Gasteiger partial charge on any atom is 0.411 e. The molecule has 0 saturated heterocycles. The van der Waals surface area contributed by atoms with Crippen LogP contribution in [0.2, 0.25) is 0 Å². The molecule has 0 bridgehead atoms. The number of benzene rings is 1. The summed E-state index contributed by atoms with van der Waals surface area (Å²) in [5.74, 6) is 0.413. The Morgan fingerprint density at radius 3 is 2.60 bits per heavy atom. The zero-order valence-corrected chi connectivity index (χ0v) is 11.4. The lowest BCUT2D eigenvalue weighted by atomic mass is 10.0. The summed E-state index contributed by atoms with van der Waals surface area (Å²) >= 11 is 0. The predicted octanol–water partition coefficient (Wildman–Crippen LogP) is 3.08. The number of halogens is 3. The van der Waals surface area contributed by atoms with Gasteiger partial charge in [0.2, 0.25) is 0 Å². The molecule has 0 radical (unpaired) electrons. The van der Waals surface area contributed by atoms with E-state index < -0.39 is 12.8 Å². The Labute approximate surface area is 115 Å². The van der Waals surface area contributed by atoms with Gasteiger partial charge in [0.25, 0.3) is 0 Å². The zero-order valence-electron chi connectivity index (χ0n) is 11.4. The van der Waals surface area contributed by atoms with Gasteiger partial charge in [0.15, 0.2) is 0 Å². The lowest BCUT2D eigenvalue weighted by Crippen LogP contribution is -2.18. The van der Waals surface area contributed by atoms with E-state index >= 15 is 0 Å². The number of carbonyl (C=O) groups excluding carboxylic acids is 1. The van der Waals surface area contributed by atoms with Gasteiger partial charge in [-0.2, -0.15) is 13.2 Å². The summed E-state index contributed by atoms with van der Waals surface area (Å²) in [6.07, 6.45) is -4.28. The molecule has 0 atom stereocenters. The fraction of sp³-hybridized carbons (Fsp3) is 0.500. The molecule has 1 aromatic rings. The summed E-state index contributed by atoms with van der Waals surface area (Å²) < 4.78 is 45.1. The molecular formula is C14H17F3O3. The topological polar surface area (TPSA) is 35.5 Å². The van der Waals surface area contributed by atoms with Crippen LogP contribution in [0.3, 0.4) is 0 Å². The second-order valence-electron chi connectivity index (χ2n) is 4.45. The van der Waals surface area contributed by atoms with E-state index in [-0.39, 0.29) is 25.2 Å². The van der Waals surface area contributed by atoms with E-state index in [9.17, 15) is 18.0 Å². The molecule has 1 rings (SSSR count). The third-order valence-electron chi connectivity index (χ3n) is 2.61. The van der Waals surface area contributed by atoms with Gasteiger partial charge >= 0.3 is 6.18 Å². The fourth-order valence-electron chi connectivity index (χ4n) is 1.72. The van der Waals surface area contributed by atoms with E-state index in [4.69, 9.17) is 4.74 Å². The van der Waals surface area contributed by atoms with Gasteiger partial charge in [-0.1, -0.05) is 17.7 Å². The first kappa shape index (κ1) is 16.5. The SMILES string of the molecule is COc1ccc(C)cc1CC(=O)CCOCC(F)(F)F. The molecule has 0 amide bonds. The van der Waals surface area contributed by atoms with Gasteiger partial charge in [0.05, 0.1) is 13.7 Å². The average molecular weight is 290 g/mol. The Hall–Kier alpha value is -1.56. The summed E-state index contributed by atoms with van der Waals surface area (Å²) in [4.78, 5) is 11.7. The molecule has 0 aromatic heterocycles. The predicted molar refractivity (Wildman–Crippen MR) is 67.9 cm³/mol. The number of methoxy groups -OCH3 is 1. The highest BCUT2D eigenvalue weighted by atomic mass is 19.4. The van der Waals surface area contributed by atoms with Crippen LogP contribution in [0.5, 0.6) is 5.75 Å². The van der Waals surface area contributed by atoms with Crippen molar-refractivity contribution < 1.29 is 27.4 Å². The van der Waals surface area contributed by atoms with Gasteiger partial charge in [-0.15, -0.1) is 0 Å². The van der Waals surface area contributed by atoms with Gasteiger partial charge in [-0.05, 0) is 13.0 Å². The van der Waals surface area contributed by atoms with Gasteiger partial charge in [0, 0.05) is 18.4 Å². The van der Waals surface area contributed by atoms with E-state index in [2.05, 4.69) is 4.74 Å². The van der Waals surface area contributed by atoms with Crippen molar-refractivity contribution in [2.45, 2.75) is 25.9 Å². The molecular weight excluding hydrogens is 273 g/mol. The molecule has 1 aromatic carbocycles. The Balaban J connectivity index is 2.44. The van der Waals surface area contributed by atoms with Gasteiger partial charge in [-0.3, -0.25) is 4.79 Å². The number of ketones is 1. The minimum Gasteiger partial charge on any atom is -0.496 e. The molecule has 0 N–H and O–H groups in total. The normalized spacial score (nSPS) is 11.4. The molecule has 3 nitrogen and oxygen atoms in total.